The van der Waals surface area contributed by atoms with Crippen molar-refractivity contribution in [3.05, 3.63) is 89.6 Å². The fourth-order valence-corrected chi connectivity index (χ4v) is 4.66. The van der Waals surface area contributed by atoms with E-state index in [0.717, 1.165) is 41.0 Å². The summed E-state index contributed by atoms with van der Waals surface area (Å²) >= 11 is 0. The standard InChI is InChI=1S/C28H30N2O4/c1-3-22(4-2)30-25-13-12-20(15-24(25)29-27(30)18-23-11-8-14-34-23)26(31)16-21(17-28(32)33)19-9-6-5-7-10-19/h5-15,21-22H,3-4,16-18H2,1-2H3,(H,32,33). The van der Waals surface area contributed by atoms with E-state index in [1.165, 1.54) is 0 Å². The molecule has 1 atom stereocenters. The quantitative estimate of drug-likeness (QED) is 0.262. The minimum absolute atomic E-state index is 0.0818. The van der Waals surface area contributed by atoms with Gasteiger partial charge in [0.25, 0.3) is 0 Å². The lowest BCUT2D eigenvalue weighted by molar-refractivity contribution is -0.137. The van der Waals surface area contributed by atoms with Crippen molar-refractivity contribution < 1.29 is 19.1 Å². The van der Waals surface area contributed by atoms with Crippen molar-refractivity contribution in [1.29, 1.82) is 0 Å². The van der Waals surface area contributed by atoms with Crippen LogP contribution in [-0.2, 0) is 11.2 Å². The first-order chi connectivity index (χ1) is 16.5. The summed E-state index contributed by atoms with van der Waals surface area (Å²) in [4.78, 5) is 29.5. The lowest BCUT2D eigenvalue weighted by Gasteiger charge is -2.19. The second-order valence-electron chi connectivity index (χ2n) is 8.66. The predicted octanol–water partition coefficient (Wildman–Crippen LogP) is 6.41. The molecular formula is C28H30N2O4. The number of hydrogen-bond donors (Lipinski definition) is 1. The molecule has 1 N–H and O–H groups in total. The molecule has 0 fully saturated rings. The van der Waals surface area contributed by atoms with E-state index in [1.54, 1.807) is 6.26 Å². The largest absolute Gasteiger partial charge is 0.481 e. The summed E-state index contributed by atoms with van der Waals surface area (Å²) in [6, 6.07) is 19.1. The molecule has 1 unspecified atom stereocenters. The molecule has 176 valence electrons. The number of benzene rings is 2. The number of Topliss-reactive ketones (excluding diaryl/α,β-unsaturated/α-hetero) is 1. The van der Waals surface area contributed by atoms with Crippen LogP contribution < -0.4 is 0 Å². The molecule has 4 rings (SSSR count). The van der Waals surface area contributed by atoms with E-state index in [0.29, 0.717) is 18.0 Å². The van der Waals surface area contributed by atoms with Crippen LogP contribution in [0, 0.1) is 0 Å². The Morgan fingerprint density at radius 1 is 1.00 bits per heavy atom. The van der Waals surface area contributed by atoms with E-state index in [2.05, 4.69) is 18.4 Å². The van der Waals surface area contributed by atoms with Crippen LogP contribution in [0.2, 0.25) is 0 Å². The van der Waals surface area contributed by atoms with Crippen LogP contribution in [-0.4, -0.2) is 26.4 Å². The lowest BCUT2D eigenvalue weighted by Crippen LogP contribution is -2.12. The molecule has 0 aliphatic rings. The molecule has 0 aliphatic carbocycles. The summed E-state index contributed by atoms with van der Waals surface area (Å²) in [6.45, 7) is 4.33. The van der Waals surface area contributed by atoms with Crippen LogP contribution in [0.15, 0.2) is 71.3 Å². The number of imidazole rings is 1. The van der Waals surface area contributed by atoms with Crippen molar-refractivity contribution in [1.82, 2.24) is 9.55 Å². The fraction of sp³-hybridized carbons (Fsp3) is 0.321. The van der Waals surface area contributed by atoms with E-state index >= 15 is 0 Å². The van der Waals surface area contributed by atoms with Gasteiger partial charge in [-0.1, -0.05) is 44.2 Å². The van der Waals surface area contributed by atoms with Gasteiger partial charge in [0.05, 0.1) is 30.1 Å². The molecule has 0 saturated heterocycles. The number of aliphatic carboxylic acids is 1. The molecule has 6 nitrogen and oxygen atoms in total. The third-order valence-corrected chi connectivity index (χ3v) is 6.43. The maximum Gasteiger partial charge on any atom is 0.303 e. The second-order valence-corrected chi connectivity index (χ2v) is 8.66. The van der Waals surface area contributed by atoms with Gasteiger partial charge in [-0.05, 0) is 48.7 Å². The topological polar surface area (TPSA) is 85.3 Å². The fourth-order valence-electron chi connectivity index (χ4n) is 4.66. The first-order valence-electron chi connectivity index (χ1n) is 11.8. The zero-order valence-electron chi connectivity index (χ0n) is 19.6. The minimum atomic E-state index is -0.913. The Hall–Kier alpha value is -3.67. The van der Waals surface area contributed by atoms with Gasteiger partial charge in [0.2, 0.25) is 0 Å². The van der Waals surface area contributed by atoms with E-state index in [1.807, 2.05) is 60.7 Å². The monoisotopic (exact) mass is 458 g/mol. The zero-order valence-corrected chi connectivity index (χ0v) is 19.6. The van der Waals surface area contributed by atoms with Gasteiger partial charge >= 0.3 is 5.97 Å². The SMILES string of the molecule is CCC(CC)n1c(Cc2ccco2)nc2cc(C(=O)CC(CC(=O)O)c3ccccc3)ccc21. The molecule has 6 heteroatoms. The van der Waals surface area contributed by atoms with Gasteiger partial charge in [-0.2, -0.15) is 0 Å². The Balaban J connectivity index is 1.67. The van der Waals surface area contributed by atoms with Crippen LogP contribution in [0.25, 0.3) is 11.0 Å². The molecule has 4 aromatic rings. The highest BCUT2D eigenvalue weighted by Gasteiger charge is 2.22. The number of ketones is 1. The van der Waals surface area contributed by atoms with Crippen LogP contribution >= 0.6 is 0 Å². The zero-order chi connectivity index (χ0) is 24.1. The van der Waals surface area contributed by atoms with E-state index in [9.17, 15) is 14.7 Å². The number of fused-ring (bicyclic) bond motifs is 1. The number of rotatable bonds is 11. The molecule has 0 amide bonds. The van der Waals surface area contributed by atoms with Crippen molar-refractivity contribution in [3.63, 3.8) is 0 Å². The van der Waals surface area contributed by atoms with Crippen molar-refractivity contribution in [2.24, 2.45) is 0 Å². The molecule has 34 heavy (non-hydrogen) atoms. The average Bonchev–Trinajstić information content (AvgIpc) is 3.47. The Labute approximate surface area is 199 Å². The Morgan fingerprint density at radius 2 is 1.76 bits per heavy atom. The number of carbonyl (C=O) groups excluding carboxylic acids is 1. The van der Waals surface area contributed by atoms with Gasteiger partial charge in [-0.25, -0.2) is 4.98 Å². The van der Waals surface area contributed by atoms with Gasteiger partial charge < -0.3 is 14.1 Å². The summed E-state index contributed by atoms with van der Waals surface area (Å²) in [5, 5.41) is 9.38. The van der Waals surface area contributed by atoms with E-state index in [4.69, 9.17) is 9.40 Å². The van der Waals surface area contributed by atoms with Crippen LogP contribution in [0.1, 0.15) is 79.0 Å². The van der Waals surface area contributed by atoms with E-state index < -0.39 is 5.97 Å². The third-order valence-electron chi connectivity index (χ3n) is 6.43. The summed E-state index contributed by atoms with van der Waals surface area (Å²) < 4.78 is 7.83. The van der Waals surface area contributed by atoms with Crippen molar-refractivity contribution in [2.45, 2.75) is 57.9 Å². The van der Waals surface area contributed by atoms with Crippen LogP contribution in [0.3, 0.4) is 0 Å². The predicted molar refractivity (Wildman–Crippen MR) is 131 cm³/mol. The molecule has 0 aliphatic heterocycles. The Morgan fingerprint density at radius 3 is 2.41 bits per heavy atom. The van der Waals surface area contributed by atoms with Gasteiger partial charge in [-0.15, -0.1) is 0 Å². The highest BCUT2D eigenvalue weighted by molar-refractivity contribution is 5.99. The highest BCUT2D eigenvalue weighted by Crippen LogP contribution is 2.30. The maximum atomic E-state index is 13.2. The number of carboxylic acids is 1. The molecular weight excluding hydrogens is 428 g/mol. The number of carbonyl (C=O) groups is 2. The molecule has 2 aromatic carbocycles. The number of aromatic nitrogens is 2. The van der Waals surface area contributed by atoms with Crippen LogP contribution in [0.5, 0.6) is 0 Å². The first-order valence-corrected chi connectivity index (χ1v) is 11.8. The Bertz CT molecular complexity index is 1250. The normalized spacial score (nSPS) is 12.3. The molecule has 0 saturated carbocycles. The van der Waals surface area contributed by atoms with E-state index in [-0.39, 0.29) is 24.5 Å². The number of nitrogens with zero attached hydrogens (tertiary/aromatic N) is 2. The van der Waals surface area contributed by atoms with Gasteiger partial charge in [0.1, 0.15) is 11.6 Å². The molecule has 0 spiro atoms. The molecule has 0 radical (unpaired) electrons. The van der Waals surface area contributed by atoms with Crippen molar-refractivity contribution in [3.8, 4) is 0 Å². The third kappa shape index (κ3) is 5.11. The van der Waals surface area contributed by atoms with Gasteiger partial charge in [-0.3, -0.25) is 9.59 Å². The summed E-state index contributed by atoms with van der Waals surface area (Å²) in [5.74, 6) is 0.387. The molecule has 0 bridgehead atoms. The second kappa shape index (κ2) is 10.5. The van der Waals surface area contributed by atoms with Gasteiger partial charge in [0.15, 0.2) is 5.78 Å². The van der Waals surface area contributed by atoms with Crippen LogP contribution in [0.4, 0.5) is 0 Å². The lowest BCUT2D eigenvalue weighted by atomic mass is 9.89. The molecule has 2 heterocycles. The summed E-state index contributed by atoms with van der Waals surface area (Å²) in [7, 11) is 0. The highest BCUT2D eigenvalue weighted by atomic mass is 16.4. The summed E-state index contributed by atoms with van der Waals surface area (Å²) in [6.07, 6.45) is 4.24. The molecule has 2 aromatic heterocycles. The average molecular weight is 459 g/mol. The number of furan rings is 1. The van der Waals surface area contributed by atoms with Gasteiger partial charge in [0, 0.05) is 23.9 Å². The summed E-state index contributed by atoms with van der Waals surface area (Å²) in [5.41, 5.74) is 3.18. The minimum Gasteiger partial charge on any atom is -0.481 e. The van der Waals surface area contributed by atoms with Crippen molar-refractivity contribution >= 4 is 22.8 Å². The maximum absolute atomic E-state index is 13.2. The first kappa shape index (κ1) is 23.5. The Kier molecular flexibility index (Phi) is 7.26. The number of carboxylic acid groups (broad SMARTS) is 1. The van der Waals surface area contributed by atoms with Crippen molar-refractivity contribution in [2.75, 3.05) is 0 Å². The smallest absolute Gasteiger partial charge is 0.303 e. The number of hydrogen-bond acceptors (Lipinski definition) is 4.